The third-order valence-electron chi connectivity index (χ3n) is 1.90. The second-order valence-electron chi connectivity index (χ2n) is 3.33. The number of hydrogen-bond donors (Lipinski definition) is 2. The highest BCUT2D eigenvalue weighted by Gasteiger charge is 2.00. The molecule has 2 N–H and O–H groups in total. The highest BCUT2D eigenvalue weighted by Crippen LogP contribution is 2.08. The van der Waals surface area contributed by atoms with Crippen LogP contribution < -0.4 is 0 Å². The fraction of sp³-hybridized carbons (Fsp3) is 0.700. The van der Waals surface area contributed by atoms with Crippen molar-refractivity contribution in [3.8, 4) is 0 Å². The van der Waals surface area contributed by atoms with Crippen LogP contribution in [0.4, 0.5) is 0 Å². The Hall–Kier alpha value is -0.540. The number of aliphatic hydroxyl groups is 1. The van der Waals surface area contributed by atoms with Crippen molar-refractivity contribution in [2.45, 2.75) is 38.7 Å². The summed E-state index contributed by atoms with van der Waals surface area (Å²) in [7, 11) is 0. The zero-order valence-corrected chi connectivity index (χ0v) is 9.13. The van der Waals surface area contributed by atoms with E-state index in [9.17, 15) is 4.79 Å². The highest BCUT2D eigenvalue weighted by molar-refractivity contribution is 6.18. The predicted molar refractivity (Wildman–Crippen MR) is 56.6 cm³/mol. The monoisotopic (exact) mass is 220 g/mol. The van der Waals surface area contributed by atoms with Gasteiger partial charge in [-0.3, -0.25) is 4.79 Å². The Morgan fingerprint density at radius 3 is 2.64 bits per heavy atom. The molecule has 82 valence electrons. The van der Waals surface area contributed by atoms with Gasteiger partial charge in [-0.2, -0.15) is 0 Å². The van der Waals surface area contributed by atoms with Gasteiger partial charge >= 0.3 is 5.97 Å². The van der Waals surface area contributed by atoms with Gasteiger partial charge in [0, 0.05) is 12.3 Å². The van der Waals surface area contributed by atoms with Gasteiger partial charge in [-0.1, -0.05) is 11.6 Å². The molecule has 14 heavy (non-hydrogen) atoms. The summed E-state index contributed by atoms with van der Waals surface area (Å²) >= 11 is 5.42. The lowest BCUT2D eigenvalue weighted by Gasteiger charge is -2.04. The van der Waals surface area contributed by atoms with Crippen LogP contribution in [0.15, 0.2) is 11.6 Å². The molecule has 0 bridgehead atoms. The molecule has 0 saturated carbocycles. The minimum atomic E-state index is -0.779. The van der Waals surface area contributed by atoms with Gasteiger partial charge in [0.25, 0.3) is 0 Å². The molecule has 0 radical (unpaired) electrons. The zero-order valence-electron chi connectivity index (χ0n) is 8.37. The third-order valence-corrected chi connectivity index (χ3v) is 2.26. The Morgan fingerprint density at radius 2 is 2.14 bits per heavy atom. The molecule has 0 aliphatic carbocycles. The number of aliphatic hydroxyl groups excluding tert-OH is 1. The summed E-state index contributed by atoms with van der Waals surface area (Å²) in [5, 5.41) is 17.6. The van der Waals surface area contributed by atoms with Crippen molar-refractivity contribution in [2.24, 2.45) is 0 Å². The smallest absolute Gasteiger partial charge is 0.303 e. The zero-order chi connectivity index (χ0) is 11.0. The molecule has 3 nitrogen and oxygen atoms in total. The lowest BCUT2D eigenvalue weighted by atomic mass is 10.1. The van der Waals surface area contributed by atoms with Gasteiger partial charge in [0.05, 0.1) is 6.10 Å². The number of hydrogen-bond acceptors (Lipinski definition) is 2. The number of rotatable bonds is 7. The summed E-state index contributed by atoms with van der Waals surface area (Å²) in [6.07, 6.45) is 3.62. The fourth-order valence-corrected chi connectivity index (χ4v) is 1.16. The molecule has 1 unspecified atom stereocenters. The molecule has 0 amide bonds. The summed E-state index contributed by atoms with van der Waals surface area (Å²) in [6, 6.07) is 0. The maximum absolute atomic E-state index is 10.2. The first-order chi connectivity index (χ1) is 6.56. The molecular weight excluding hydrogens is 204 g/mol. The Morgan fingerprint density at radius 1 is 1.50 bits per heavy atom. The van der Waals surface area contributed by atoms with Crippen LogP contribution in [-0.4, -0.2) is 28.2 Å². The van der Waals surface area contributed by atoms with E-state index in [-0.39, 0.29) is 12.3 Å². The summed E-state index contributed by atoms with van der Waals surface area (Å²) in [6.45, 7) is 1.90. The van der Waals surface area contributed by atoms with Crippen molar-refractivity contribution < 1.29 is 15.0 Å². The van der Waals surface area contributed by atoms with Crippen molar-refractivity contribution in [3.05, 3.63) is 11.6 Å². The molecule has 0 saturated heterocycles. The van der Waals surface area contributed by atoms with E-state index in [2.05, 4.69) is 0 Å². The van der Waals surface area contributed by atoms with Gasteiger partial charge in [0.15, 0.2) is 0 Å². The van der Waals surface area contributed by atoms with Gasteiger partial charge in [-0.25, -0.2) is 0 Å². The quantitative estimate of drug-likeness (QED) is 0.511. The first kappa shape index (κ1) is 13.5. The molecule has 0 aliphatic heterocycles. The first-order valence-corrected chi connectivity index (χ1v) is 5.21. The maximum Gasteiger partial charge on any atom is 0.303 e. The molecule has 0 aliphatic rings. The lowest BCUT2D eigenvalue weighted by molar-refractivity contribution is -0.136. The Bertz CT molecular complexity index is 202. The highest BCUT2D eigenvalue weighted by atomic mass is 35.5. The Labute approximate surface area is 89.4 Å². The SMILES string of the molecule is C/C(=C\CCC(O)CCl)CCC(=O)O. The van der Waals surface area contributed by atoms with Crippen molar-refractivity contribution >= 4 is 17.6 Å². The molecular formula is C10H17ClO3. The van der Waals surface area contributed by atoms with Crippen LogP contribution in [0.25, 0.3) is 0 Å². The van der Waals surface area contributed by atoms with Gasteiger partial charge < -0.3 is 10.2 Å². The second-order valence-corrected chi connectivity index (χ2v) is 3.64. The molecule has 0 spiro atoms. The largest absolute Gasteiger partial charge is 0.481 e. The van der Waals surface area contributed by atoms with Crippen LogP contribution in [0.5, 0.6) is 0 Å². The van der Waals surface area contributed by atoms with Crippen LogP contribution in [-0.2, 0) is 4.79 Å². The average Bonchev–Trinajstić information content (AvgIpc) is 2.14. The van der Waals surface area contributed by atoms with Gasteiger partial charge in [-0.15, -0.1) is 11.6 Å². The van der Waals surface area contributed by atoms with E-state index in [1.54, 1.807) is 0 Å². The number of carboxylic acids is 1. The topological polar surface area (TPSA) is 57.5 Å². The maximum atomic E-state index is 10.2. The summed E-state index contributed by atoms with van der Waals surface area (Å²) in [4.78, 5) is 10.2. The molecule has 0 rings (SSSR count). The number of allylic oxidation sites excluding steroid dienone is 2. The average molecular weight is 221 g/mol. The second kappa shape index (κ2) is 7.83. The van der Waals surface area contributed by atoms with E-state index in [1.807, 2.05) is 13.0 Å². The first-order valence-electron chi connectivity index (χ1n) is 4.67. The molecule has 0 heterocycles. The molecule has 0 aromatic rings. The third kappa shape index (κ3) is 8.08. The Balaban J connectivity index is 3.60. The molecule has 0 fully saturated rings. The number of halogens is 1. The van der Waals surface area contributed by atoms with Crippen LogP contribution in [0.2, 0.25) is 0 Å². The molecule has 4 heteroatoms. The van der Waals surface area contributed by atoms with E-state index in [0.717, 1.165) is 12.0 Å². The number of carboxylic acid groups (broad SMARTS) is 1. The van der Waals surface area contributed by atoms with E-state index in [1.165, 1.54) is 0 Å². The predicted octanol–water partition coefficient (Wildman–Crippen LogP) is 2.18. The van der Waals surface area contributed by atoms with Crippen molar-refractivity contribution in [2.75, 3.05) is 5.88 Å². The van der Waals surface area contributed by atoms with E-state index < -0.39 is 12.1 Å². The summed E-state index contributed by atoms with van der Waals surface area (Å²) in [5.74, 6) is -0.527. The van der Waals surface area contributed by atoms with Gasteiger partial charge in [0.2, 0.25) is 0 Å². The van der Waals surface area contributed by atoms with Gasteiger partial charge in [-0.05, 0) is 26.2 Å². The molecule has 0 aromatic heterocycles. The van der Waals surface area contributed by atoms with Gasteiger partial charge in [0.1, 0.15) is 0 Å². The minimum absolute atomic E-state index is 0.167. The number of alkyl halides is 1. The van der Waals surface area contributed by atoms with Crippen LogP contribution in [0.1, 0.15) is 32.6 Å². The van der Waals surface area contributed by atoms with Crippen molar-refractivity contribution in [1.82, 2.24) is 0 Å². The normalized spacial score (nSPS) is 14.1. The van der Waals surface area contributed by atoms with Crippen LogP contribution in [0.3, 0.4) is 0 Å². The summed E-state index contributed by atoms with van der Waals surface area (Å²) in [5.41, 5.74) is 1.05. The molecule has 1 atom stereocenters. The van der Waals surface area contributed by atoms with Crippen molar-refractivity contribution in [1.29, 1.82) is 0 Å². The van der Waals surface area contributed by atoms with Crippen molar-refractivity contribution in [3.63, 3.8) is 0 Å². The lowest BCUT2D eigenvalue weighted by Crippen LogP contribution is -2.06. The van der Waals surface area contributed by atoms with Crippen LogP contribution >= 0.6 is 11.6 Å². The fourth-order valence-electron chi connectivity index (χ4n) is 1.01. The summed E-state index contributed by atoms with van der Waals surface area (Å²) < 4.78 is 0. The minimum Gasteiger partial charge on any atom is -0.481 e. The molecule has 0 aromatic carbocycles. The standard InChI is InChI=1S/C10H17ClO3/c1-8(5-6-10(13)14)3-2-4-9(12)7-11/h3,9,12H,2,4-7H2,1H3,(H,13,14)/b8-3+. The van der Waals surface area contributed by atoms with E-state index in [4.69, 9.17) is 21.8 Å². The Kier molecular flexibility index (Phi) is 7.52. The van der Waals surface area contributed by atoms with Crippen LogP contribution in [0, 0.1) is 0 Å². The number of carbonyl (C=O) groups is 1. The van der Waals surface area contributed by atoms with E-state index in [0.29, 0.717) is 12.8 Å². The van der Waals surface area contributed by atoms with E-state index >= 15 is 0 Å². The number of aliphatic carboxylic acids is 1.